The van der Waals surface area contributed by atoms with E-state index < -0.39 is 0 Å². The molecule has 0 aliphatic rings. The van der Waals surface area contributed by atoms with Crippen LogP contribution < -0.4 is 0 Å². The van der Waals surface area contributed by atoms with E-state index in [-0.39, 0.29) is 19.1 Å². The number of rotatable bonds is 7. The van der Waals surface area contributed by atoms with Crippen molar-refractivity contribution in [1.82, 2.24) is 25.1 Å². The third-order valence-electron chi connectivity index (χ3n) is 4.07. The Kier molecular flexibility index (Phi) is 5.70. The van der Waals surface area contributed by atoms with E-state index in [9.17, 15) is 9.90 Å². The lowest BCUT2D eigenvalue weighted by atomic mass is 10.1. The van der Waals surface area contributed by atoms with Gasteiger partial charge in [0.25, 0.3) is 5.91 Å². The number of aryl methyl sites for hydroxylation is 1. The predicted octanol–water partition coefficient (Wildman–Crippen LogP) is 1.99. The lowest BCUT2D eigenvalue weighted by molar-refractivity contribution is 0.0708. The molecule has 0 saturated carbocycles. The molecule has 1 N–H and O–H groups in total. The van der Waals surface area contributed by atoms with Gasteiger partial charge in [0, 0.05) is 30.8 Å². The molecule has 7 heteroatoms. The lowest BCUT2D eigenvalue weighted by Crippen LogP contribution is -2.33. The largest absolute Gasteiger partial charge is 0.395 e. The van der Waals surface area contributed by atoms with E-state index in [2.05, 4.69) is 15.5 Å². The fraction of sp³-hybridized carbons (Fsp3) is 0.263. The minimum absolute atomic E-state index is 0.0909. The molecular formula is C19H21N5O2. The molecule has 0 spiro atoms. The van der Waals surface area contributed by atoms with E-state index in [1.54, 1.807) is 21.7 Å². The minimum Gasteiger partial charge on any atom is -0.395 e. The number of aliphatic hydroxyl groups excluding tert-OH is 1. The highest BCUT2D eigenvalue weighted by molar-refractivity contribution is 5.95. The first-order valence-corrected chi connectivity index (χ1v) is 8.53. The van der Waals surface area contributed by atoms with Gasteiger partial charge in [-0.2, -0.15) is 0 Å². The Hall–Kier alpha value is -3.06. The number of hydrogen-bond donors (Lipinski definition) is 1. The van der Waals surface area contributed by atoms with Gasteiger partial charge in [-0.15, -0.1) is 5.10 Å². The molecule has 1 heterocycles. The summed E-state index contributed by atoms with van der Waals surface area (Å²) in [6, 6.07) is 17.0. The van der Waals surface area contributed by atoms with Crippen molar-refractivity contribution >= 4 is 5.91 Å². The molecule has 1 aromatic heterocycles. The number of aromatic nitrogens is 4. The molecule has 0 saturated heterocycles. The molecule has 134 valence electrons. The Morgan fingerprint density at radius 3 is 2.69 bits per heavy atom. The normalized spacial score (nSPS) is 10.7. The van der Waals surface area contributed by atoms with Crippen molar-refractivity contribution in [2.75, 3.05) is 13.2 Å². The quantitative estimate of drug-likeness (QED) is 0.704. The molecular weight excluding hydrogens is 330 g/mol. The number of amides is 1. The molecule has 0 fully saturated rings. The number of nitrogens with zero attached hydrogens (tertiary/aromatic N) is 5. The molecule has 2 aromatic carbocycles. The molecule has 0 aliphatic carbocycles. The Morgan fingerprint density at radius 2 is 1.96 bits per heavy atom. The molecule has 3 rings (SSSR count). The van der Waals surface area contributed by atoms with E-state index in [0.717, 1.165) is 11.1 Å². The summed E-state index contributed by atoms with van der Waals surface area (Å²) in [5.74, 6) is 0.485. The first-order chi connectivity index (χ1) is 12.7. The summed E-state index contributed by atoms with van der Waals surface area (Å²) in [5.41, 5.74) is 2.34. The topological polar surface area (TPSA) is 84.1 Å². The van der Waals surface area contributed by atoms with Crippen LogP contribution in [-0.2, 0) is 13.1 Å². The van der Waals surface area contributed by atoms with Gasteiger partial charge in [-0.1, -0.05) is 42.5 Å². The van der Waals surface area contributed by atoms with Crippen molar-refractivity contribution < 1.29 is 9.90 Å². The highest BCUT2D eigenvalue weighted by Gasteiger charge is 2.17. The van der Waals surface area contributed by atoms with E-state index in [0.29, 0.717) is 24.5 Å². The zero-order valence-corrected chi connectivity index (χ0v) is 14.6. The number of hydrogen-bond acceptors (Lipinski definition) is 5. The average Bonchev–Trinajstić information content (AvgIpc) is 3.17. The SMILES string of the molecule is CCn1nnnc1-c1cccc(C(=O)N(CCO)Cc2ccccc2)c1. The van der Waals surface area contributed by atoms with Crippen molar-refractivity contribution in [2.45, 2.75) is 20.0 Å². The molecule has 7 nitrogen and oxygen atoms in total. The maximum Gasteiger partial charge on any atom is 0.254 e. The maximum atomic E-state index is 13.0. The van der Waals surface area contributed by atoms with Gasteiger partial charge in [0.2, 0.25) is 0 Å². The third kappa shape index (κ3) is 3.94. The van der Waals surface area contributed by atoms with Crippen LogP contribution >= 0.6 is 0 Å². The molecule has 26 heavy (non-hydrogen) atoms. The standard InChI is InChI=1S/C19H21N5O2/c1-2-24-18(20-21-22-24)16-9-6-10-17(13-16)19(26)23(11-12-25)14-15-7-4-3-5-8-15/h3-10,13,25H,2,11-12,14H2,1H3. The van der Waals surface area contributed by atoms with Crippen molar-refractivity contribution in [3.8, 4) is 11.4 Å². The van der Waals surface area contributed by atoms with Crippen LogP contribution in [0.15, 0.2) is 54.6 Å². The van der Waals surface area contributed by atoms with Crippen LogP contribution in [0.5, 0.6) is 0 Å². The molecule has 0 aliphatic heterocycles. The van der Waals surface area contributed by atoms with Crippen LogP contribution in [0.25, 0.3) is 11.4 Å². The summed E-state index contributed by atoms with van der Waals surface area (Å²) < 4.78 is 1.68. The van der Waals surface area contributed by atoms with Gasteiger partial charge in [-0.25, -0.2) is 4.68 Å². The monoisotopic (exact) mass is 351 g/mol. The van der Waals surface area contributed by atoms with E-state index >= 15 is 0 Å². The summed E-state index contributed by atoms with van der Waals surface area (Å²) in [7, 11) is 0. The molecule has 0 radical (unpaired) electrons. The Morgan fingerprint density at radius 1 is 1.15 bits per heavy atom. The van der Waals surface area contributed by atoms with Gasteiger partial charge >= 0.3 is 0 Å². The third-order valence-corrected chi connectivity index (χ3v) is 4.07. The maximum absolute atomic E-state index is 13.0. The molecule has 1 amide bonds. The summed E-state index contributed by atoms with van der Waals surface area (Å²) in [4.78, 5) is 14.6. The van der Waals surface area contributed by atoms with Crippen molar-refractivity contribution in [3.05, 3.63) is 65.7 Å². The second kappa shape index (κ2) is 8.35. The van der Waals surface area contributed by atoms with E-state index in [4.69, 9.17) is 0 Å². The zero-order chi connectivity index (χ0) is 18.4. The molecule has 0 unspecified atom stereocenters. The van der Waals surface area contributed by atoms with E-state index in [1.165, 1.54) is 0 Å². The zero-order valence-electron chi connectivity index (χ0n) is 14.6. The van der Waals surface area contributed by atoms with Crippen molar-refractivity contribution in [3.63, 3.8) is 0 Å². The van der Waals surface area contributed by atoms with Gasteiger partial charge in [0.1, 0.15) is 0 Å². The summed E-state index contributed by atoms with van der Waals surface area (Å²) >= 11 is 0. The number of aliphatic hydroxyl groups is 1. The van der Waals surface area contributed by atoms with Crippen LogP contribution in [0.4, 0.5) is 0 Å². The number of carbonyl (C=O) groups is 1. The molecule has 3 aromatic rings. The Balaban J connectivity index is 1.86. The van der Waals surface area contributed by atoms with Gasteiger partial charge < -0.3 is 10.0 Å². The second-order valence-corrected chi connectivity index (χ2v) is 5.83. The van der Waals surface area contributed by atoms with Gasteiger partial charge in [0.05, 0.1) is 6.61 Å². The van der Waals surface area contributed by atoms with Gasteiger partial charge in [-0.3, -0.25) is 4.79 Å². The van der Waals surface area contributed by atoms with Crippen molar-refractivity contribution in [2.24, 2.45) is 0 Å². The Bertz CT molecular complexity index is 863. The van der Waals surface area contributed by atoms with Crippen LogP contribution in [0.1, 0.15) is 22.8 Å². The van der Waals surface area contributed by atoms with Crippen molar-refractivity contribution in [1.29, 1.82) is 0 Å². The lowest BCUT2D eigenvalue weighted by Gasteiger charge is -2.22. The van der Waals surface area contributed by atoms with Crippen LogP contribution in [0.3, 0.4) is 0 Å². The summed E-state index contributed by atoms with van der Waals surface area (Å²) in [6.45, 7) is 3.22. The highest BCUT2D eigenvalue weighted by Crippen LogP contribution is 2.19. The average molecular weight is 351 g/mol. The van der Waals surface area contributed by atoms with Gasteiger partial charge in [-0.05, 0) is 35.0 Å². The number of benzene rings is 2. The van der Waals surface area contributed by atoms with E-state index in [1.807, 2.05) is 49.4 Å². The fourth-order valence-electron chi connectivity index (χ4n) is 2.78. The molecule has 0 bridgehead atoms. The minimum atomic E-state index is -0.139. The first-order valence-electron chi connectivity index (χ1n) is 8.53. The highest BCUT2D eigenvalue weighted by atomic mass is 16.3. The Labute approximate surface area is 151 Å². The number of tetrazole rings is 1. The fourth-order valence-corrected chi connectivity index (χ4v) is 2.78. The summed E-state index contributed by atoms with van der Waals surface area (Å²) in [6.07, 6.45) is 0. The summed E-state index contributed by atoms with van der Waals surface area (Å²) in [5, 5.41) is 21.0. The first kappa shape index (κ1) is 17.8. The second-order valence-electron chi connectivity index (χ2n) is 5.83. The smallest absolute Gasteiger partial charge is 0.254 e. The van der Waals surface area contributed by atoms with Gasteiger partial charge in [0.15, 0.2) is 5.82 Å². The predicted molar refractivity (Wildman–Crippen MR) is 97.2 cm³/mol. The molecule has 0 atom stereocenters. The van der Waals surface area contributed by atoms with Crippen LogP contribution in [0.2, 0.25) is 0 Å². The number of carbonyl (C=O) groups excluding carboxylic acids is 1. The van der Waals surface area contributed by atoms with Crippen LogP contribution in [0, 0.1) is 0 Å². The van der Waals surface area contributed by atoms with Crippen LogP contribution in [-0.4, -0.2) is 49.3 Å².